The van der Waals surface area contributed by atoms with Crippen molar-refractivity contribution >= 4 is 11.6 Å². The second-order valence-electron chi connectivity index (χ2n) is 5.04. The fraction of sp³-hybridized carbons (Fsp3) is 0.250. The first kappa shape index (κ1) is 16.7. The molecule has 0 aromatic heterocycles. The van der Waals surface area contributed by atoms with Gasteiger partial charge in [0.25, 0.3) is 0 Å². The Morgan fingerprint density at radius 3 is 2.59 bits per heavy atom. The number of halogens is 3. The molecule has 118 valence electrons. The zero-order valence-electron chi connectivity index (χ0n) is 11.9. The number of phenols is 1. The molecule has 0 saturated heterocycles. The smallest absolute Gasteiger partial charge is 0.159 e. The zero-order chi connectivity index (χ0) is 16.3. The summed E-state index contributed by atoms with van der Waals surface area (Å²) in [6, 6.07) is 7.81. The van der Waals surface area contributed by atoms with Gasteiger partial charge in [-0.15, -0.1) is 0 Å². The number of aliphatic hydroxyl groups excluding tert-OH is 1. The molecular formula is C16H16ClF2NO2. The largest absolute Gasteiger partial charge is 0.506 e. The van der Waals surface area contributed by atoms with Gasteiger partial charge in [-0.05, 0) is 30.7 Å². The van der Waals surface area contributed by atoms with E-state index in [1.165, 1.54) is 6.07 Å². The highest BCUT2D eigenvalue weighted by molar-refractivity contribution is 6.32. The molecule has 0 amide bonds. The van der Waals surface area contributed by atoms with Gasteiger partial charge in [0.1, 0.15) is 5.75 Å². The summed E-state index contributed by atoms with van der Waals surface area (Å²) in [5.74, 6) is -1.98. The molecule has 2 unspecified atom stereocenters. The van der Waals surface area contributed by atoms with Crippen LogP contribution in [0.2, 0.25) is 5.02 Å². The number of hydrogen-bond acceptors (Lipinski definition) is 3. The Bertz CT molecular complexity index is 667. The van der Waals surface area contributed by atoms with Gasteiger partial charge in [-0.3, -0.25) is 0 Å². The highest BCUT2D eigenvalue weighted by Gasteiger charge is 2.18. The van der Waals surface area contributed by atoms with Crippen molar-refractivity contribution in [3.8, 4) is 5.75 Å². The normalized spacial score (nSPS) is 13.9. The second kappa shape index (κ2) is 7.05. The van der Waals surface area contributed by atoms with Crippen LogP contribution in [0.3, 0.4) is 0 Å². The summed E-state index contributed by atoms with van der Waals surface area (Å²) in [7, 11) is 0. The van der Waals surface area contributed by atoms with E-state index in [1.54, 1.807) is 25.1 Å². The van der Waals surface area contributed by atoms with Gasteiger partial charge in [-0.25, -0.2) is 8.78 Å². The zero-order valence-corrected chi connectivity index (χ0v) is 12.6. The maximum absolute atomic E-state index is 13.2. The maximum atomic E-state index is 13.2. The van der Waals surface area contributed by atoms with Crippen LogP contribution in [0.5, 0.6) is 5.75 Å². The summed E-state index contributed by atoms with van der Waals surface area (Å²) in [4.78, 5) is 0. The molecule has 2 aromatic carbocycles. The van der Waals surface area contributed by atoms with E-state index in [-0.39, 0.29) is 22.9 Å². The summed E-state index contributed by atoms with van der Waals surface area (Å²) in [6.45, 7) is 1.97. The molecule has 0 heterocycles. The minimum atomic E-state index is -1.02. The maximum Gasteiger partial charge on any atom is 0.159 e. The number of phenolic OH excluding ortho intramolecular Hbond substituents is 1. The van der Waals surface area contributed by atoms with Crippen LogP contribution in [0.15, 0.2) is 36.4 Å². The Labute approximate surface area is 132 Å². The first-order chi connectivity index (χ1) is 10.4. The van der Waals surface area contributed by atoms with Crippen LogP contribution >= 0.6 is 11.6 Å². The SMILES string of the molecule is CC(NCc1cccc(Cl)c1O)C(O)c1ccc(F)c(F)c1. The fourth-order valence-electron chi connectivity index (χ4n) is 2.07. The third kappa shape index (κ3) is 3.74. The van der Waals surface area contributed by atoms with Gasteiger partial charge in [0.2, 0.25) is 0 Å². The summed E-state index contributed by atoms with van der Waals surface area (Å²) < 4.78 is 26.1. The third-order valence-corrected chi connectivity index (χ3v) is 3.75. The van der Waals surface area contributed by atoms with Crippen LogP contribution < -0.4 is 5.32 Å². The molecular weight excluding hydrogens is 312 g/mol. The highest BCUT2D eigenvalue weighted by Crippen LogP contribution is 2.27. The molecule has 3 N–H and O–H groups in total. The molecule has 0 aliphatic rings. The van der Waals surface area contributed by atoms with Crippen LogP contribution in [-0.4, -0.2) is 16.3 Å². The average molecular weight is 328 g/mol. The highest BCUT2D eigenvalue weighted by atomic mass is 35.5. The lowest BCUT2D eigenvalue weighted by atomic mass is 10.0. The number of benzene rings is 2. The molecule has 3 nitrogen and oxygen atoms in total. The van der Waals surface area contributed by atoms with E-state index >= 15 is 0 Å². The first-order valence-corrected chi connectivity index (χ1v) is 7.10. The number of aliphatic hydroxyl groups is 1. The van der Waals surface area contributed by atoms with E-state index in [1.807, 2.05) is 0 Å². The molecule has 2 rings (SSSR count). The van der Waals surface area contributed by atoms with Crippen LogP contribution in [0.1, 0.15) is 24.2 Å². The summed E-state index contributed by atoms with van der Waals surface area (Å²) in [5.41, 5.74) is 0.853. The lowest BCUT2D eigenvalue weighted by Gasteiger charge is -2.21. The quantitative estimate of drug-likeness (QED) is 0.787. The lowest BCUT2D eigenvalue weighted by molar-refractivity contribution is 0.134. The molecule has 0 saturated carbocycles. The van der Waals surface area contributed by atoms with Crippen LogP contribution in [0.25, 0.3) is 0 Å². The van der Waals surface area contributed by atoms with Gasteiger partial charge < -0.3 is 15.5 Å². The number of aromatic hydroxyl groups is 1. The van der Waals surface area contributed by atoms with Crippen molar-refractivity contribution in [2.24, 2.45) is 0 Å². The monoisotopic (exact) mass is 327 g/mol. The van der Waals surface area contributed by atoms with Gasteiger partial charge in [0.05, 0.1) is 11.1 Å². The van der Waals surface area contributed by atoms with E-state index in [9.17, 15) is 19.0 Å². The molecule has 0 spiro atoms. The predicted octanol–water partition coefficient (Wildman–Crippen LogP) is 3.54. The molecule has 0 radical (unpaired) electrons. The number of rotatable bonds is 5. The average Bonchev–Trinajstić information content (AvgIpc) is 2.50. The molecule has 0 fully saturated rings. The molecule has 22 heavy (non-hydrogen) atoms. The topological polar surface area (TPSA) is 52.5 Å². The van der Waals surface area contributed by atoms with Crippen molar-refractivity contribution in [1.29, 1.82) is 0 Å². The van der Waals surface area contributed by atoms with Gasteiger partial charge in [-0.1, -0.05) is 29.8 Å². The van der Waals surface area contributed by atoms with Crippen LogP contribution in [0, 0.1) is 11.6 Å². The Morgan fingerprint density at radius 1 is 1.18 bits per heavy atom. The van der Waals surface area contributed by atoms with Crippen molar-refractivity contribution in [2.75, 3.05) is 0 Å². The van der Waals surface area contributed by atoms with Gasteiger partial charge in [-0.2, -0.15) is 0 Å². The second-order valence-corrected chi connectivity index (χ2v) is 5.44. The molecule has 6 heteroatoms. The Morgan fingerprint density at radius 2 is 1.91 bits per heavy atom. The standard InChI is InChI=1S/C16H16ClF2NO2/c1-9(15(21)10-5-6-13(18)14(19)7-10)20-8-11-3-2-4-12(17)16(11)22/h2-7,9,15,20-22H,8H2,1H3. The van der Waals surface area contributed by atoms with Crippen molar-refractivity contribution in [2.45, 2.75) is 25.6 Å². The van der Waals surface area contributed by atoms with Gasteiger partial charge in [0, 0.05) is 18.2 Å². The minimum absolute atomic E-state index is 0.0221. The Balaban J connectivity index is 2.03. The first-order valence-electron chi connectivity index (χ1n) is 6.73. The summed E-state index contributed by atoms with van der Waals surface area (Å²) in [6.07, 6.45) is -1.02. The lowest BCUT2D eigenvalue weighted by Crippen LogP contribution is -2.31. The van der Waals surface area contributed by atoms with Crippen molar-refractivity contribution in [3.05, 3.63) is 64.2 Å². The van der Waals surface area contributed by atoms with Crippen molar-refractivity contribution in [3.63, 3.8) is 0 Å². The summed E-state index contributed by atoms with van der Waals surface area (Å²) in [5, 5.41) is 23.2. The third-order valence-electron chi connectivity index (χ3n) is 3.44. The van der Waals surface area contributed by atoms with E-state index in [0.717, 1.165) is 12.1 Å². The molecule has 0 aliphatic heterocycles. The van der Waals surface area contributed by atoms with Gasteiger partial charge >= 0.3 is 0 Å². The van der Waals surface area contributed by atoms with E-state index in [0.29, 0.717) is 5.56 Å². The minimum Gasteiger partial charge on any atom is -0.506 e. The fourth-order valence-corrected chi connectivity index (χ4v) is 2.26. The molecule has 2 aromatic rings. The molecule has 2 atom stereocenters. The predicted molar refractivity (Wildman–Crippen MR) is 80.7 cm³/mol. The van der Waals surface area contributed by atoms with E-state index in [2.05, 4.69) is 5.32 Å². The van der Waals surface area contributed by atoms with Gasteiger partial charge in [0.15, 0.2) is 11.6 Å². The number of hydrogen-bond donors (Lipinski definition) is 3. The van der Waals surface area contributed by atoms with Crippen LogP contribution in [-0.2, 0) is 6.54 Å². The molecule has 0 aliphatic carbocycles. The summed E-state index contributed by atoms with van der Waals surface area (Å²) >= 11 is 5.82. The van der Waals surface area contributed by atoms with E-state index < -0.39 is 23.8 Å². The molecule has 0 bridgehead atoms. The van der Waals surface area contributed by atoms with Crippen LogP contribution in [0.4, 0.5) is 8.78 Å². The van der Waals surface area contributed by atoms with Crippen molar-refractivity contribution < 1.29 is 19.0 Å². The van der Waals surface area contributed by atoms with Crippen molar-refractivity contribution in [1.82, 2.24) is 5.32 Å². The number of para-hydroxylation sites is 1. The van der Waals surface area contributed by atoms with E-state index in [4.69, 9.17) is 11.6 Å². The number of nitrogens with one attached hydrogen (secondary N) is 1. The Hall–Kier alpha value is -1.69. The Kier molecular flexibility index (Phi) is 5.34.